The lowest BCUT2D eigenvalue weighted by Gasteiger charge is -1.98. The monoisotopic (exact) mass is 261 g/mol. The molecule has 0 radical (unpaired) electrons. The van der Waals surface area contributed by atoms with E-state index < -0.39 is 0 Å². The molecule has 0 amide bonds. The van der Waals surface area contributed by atoms with Crippen LogP contribution in [0.4, 0.5) is 0 Å². The van der Waals surface area contributed by atoms with E-state index in [0.29, 0.717) is 6.54 Å². The largest absolute Gasteiger partial charge is 0.320 e. The van der Waals surface area contributed by atoms with Gasteiger partial charge in [0, 0.05) is 11.3 Å². The van der Waals surface area contributed by atoms with Crippen molar-refractivity contribution in [2.45, 2.75) is 10.1 Å². The second-order valence-corrected chi connectivity index (χ2v) is 5.25. The van der Waals surface area contributed by atoms with Crippen LogP contribution in [-0.2, 0) is 5.75 Å². The molecule has 1 heterocycles. The average molecular weight is 261 g/mol. The van der Waals surface area contributed by atoms with Crippen LogP contribution in [0.1, 0.15) is 11.1 Å². The Morgan fingerprint density at radius 1 is 1.29 bits per heavy atom. The molecule has 17 heavy (non-hydrogen) atoms. The first-order valence-electron chi connectivity index (χ1n) is 5.05. The van der Waals surface area contributed by atoms with E-state index in [9.17, 15) is 0 Å². The minimum Gasteiger partial charge on any atom is -0.320 e. The van der Waals surface area contributed by atoms with Crippen LogP contribution in [0, 0.1) is 11.8 Å². The summed E-state index contributed by atoms with van der Waals surface area (Å²) in [6, 6.07) is 8.18. The lowest BCUT2D eigenvalue weighted by Crippen LogP contribution is -1.93. The van der Waals surface area contributed by atoms with Crippen molar-refractivity contribution in [2.75, 3.05) is 6.54 Å². The first-order chi connectivity index (χ1) is 8.38. The fraction of sp³-hybridized carbons (Fsp3) is 0.167. The zero-order chi connectivity index (χ0) is 11.9. The maximum absolute atomic E-state index is 5.32. The molecule has 0 unspecified atom stereocenters. The number of aromatic nitrogens is 2. The number of nitrogens with zero attached hydrogens (tertiary/aromatic N) is 2. The van der Waals surface area contributed by atoms with E-state index in [2.05, 4.69) is 34.2 Å². The smallest absolute Gasteiger partial charge is 0.174 e. The van der Waals surface area contributed by atoms with Gasteiger partial charge in [0.25, 0.3) is 0 Å². The van der Waals surface area contributed by atoms with E-state index in [1.54, 1.807) is 28.6 Å². The normalized spacial score (nSPS) is 9.71. The van der Waals surface area contributed by atoms with Crippen LogP contribution >= 0.6 is 23.1 Å². The number of thioether (sulfide) groups is 1. The third-order valence-electron chi connectivity index (χ3n) is 1.99. The van der Waals surface area contributed by atoms with Crippen LogP contribution in [0.2, 0.25) is 0 Å². The van der Waals surface area contributed by atoms with E-state index in [1.807, 2.05) is 12.1 Å². The van der Waals surface area contributed by atoms with Gasteiger partial charge in [0.1, 0.15) is 5.51 Å². The minimum atomic E-state index is 0.397. The number of nitrogens with two attached hydrogens (primary N) is 1. The molecule has 0 saturated heterocycles. The third kappa shape index (κ3) is 3.86. The summed E-state index contributed by atoms with van der Waals surface area (Å²) in [5, 5.41) is 7.78. The zero-order valence-corrected chi connectivity index (χ0v) is 10.7. The lowest BCUT2D eigenvalue weighted by atomic mass is 10.1. The molecule has 2 aromatic rings. The Morgan fingerprint density at radius 3 is 2.76 bits per heavy atom. The summed E-state index contributed by atoms with van der Waals surface area (Å²) in [6.45, 7) is 0.397. The first-order valence-corrected chi connectivity index (χ1v) is 6.92. The summed E-state index contributed by atoms with van der Waals surface area (Å²) in [5.41, 5.74) is 9.32. The highest BCUT2D eigenvalue weighted by Gasteiger charge is 1.99. The molecule has 0 saturated carbocycles. The van der Waals surface area contributed by atoms with Gasteiger partial charge in [-0.05, 0) is 17.7 Å². The van der Waals surface area contributed by atoms with Crippen molar-refractivity contribution in [3.05, 3.63) is 40.9 Å². The predicted octanol–water partition coefficient (Wildman–Crippen LogP) is 2.14. The van der Waals surface area contributed by atoms with Gasteiger partial charge >= 0.3 is 0 Å². The summed E-state index contributed by atoms with van der Waals surface area (Å²) < 4.78 is 0.997. The lowest BCUT2D eigenvalue weighted by molar-refractivity contribution is 1.01. The molecular weight excluding hydrogens is 250 g/mol. The van der Waals surface area contributed by atoms with Gasteiger partial charge in [0.15, 0.2) is 4.34 Å². The molecule has 1 aromatic heterocycles. The molecule has 86 valence electrons. The van der Waals surface area contributed by atoms with Gasteiger partial charge in [-0.3, -0.25) is 0 Å². The highest BCUT2D eigenvalue weighted by Crippen LogP contribution is 2.23. The first kappa shape index (κ1) is 12.1. The molecule has 0 spiro atoms. The molecule has 0 aliphatic carbocycles. The quantitative estimate of drug-likeness (QED) is 0.679. The second-order valence-electron chi connectivity index (χ2n) is 3.20. The highest BCUT2D eigenvalue weighted by molar-refractivity contribution is 8.00. The van der Waals surface area contributed by atoms with Crippen LogP contribution in [0.5, 0.6) is 0 Å². The van der Waals surface area contributed by atoms with Crippen molar-refractivity contribution >= 4 is 23.1 Å². The maximum Gasteiger partial charge on any atom is 0.174 e. The van der Waals surface area contributed by atoms with Crippen molar-refractivity contribution in [3.8, 4) is 11.8 Å². The number of rotatable bonds is 3. The van der Waals surface area contributed by atoms with Crippen LogP contribution < -0.4 is 5.73 Å². The Labute approximate surface area is 108 Å². The predicted molar refractivity (Wildman–Crippen MR) is 71.8 cm³/mol. The van der Waals surface area contributed by atoms with Crippen LogP contribution in [-0.4, -0.2) is 16.7 Å². The molecule has 5 heteroatoms. The maximum atomic E-state index is 5.32. The van der Waals surface area contributed by atoms with Gasteiger partial charge in [0.2, 0.25) is 0 Å². The molecule has 0 fully saturated rings. The molecule has 0 bridgehead atoms. The number of hydrogen-bond donors (Lipinski definition) is 1. The number of benzene rings is 1. The Kier molecular flexibility index (Phi) is 4.56. The molecule has 0 aliphatic rings. The van der Waals surface area contributed by atoms with Crippen LogP contribution in [0.15, 0.2) is 34.1 Å². The summed E-state index contributed by atoms with van der Waals surface area (Å²) in [6.07, 6.45) is 0. The van der Waals surface area contributed by atoms with Crippen molar-refractivity contribution in [1.29, 1.82) is 0 Å². The second kappa shape index (κ2) is 6.40. The van der Waals surface area contributed by atoms with Crippen molar-refractivity contribution in [1.82, 2.24) is 10.2 Å². The zero-order valence-electron chi connectivity index (χ0n) is 9.09. The Balaban J connectivity index is 1.94. The van der Waals surface area contributed by atoms with Gasteiger partial charge in [-0.25, -0.2) is 0 Å². The van der Waals surface area contributed by atoms with Gasteiger partial charge in [-0.2, -0.15) is 0 Å². The highest BCUT2D eigenvalue weighted by atomic mass is 32.2. The summed E-state index contributed by atoms with van der Waals surface area (Å²) in [7, 11) is 0. The topological polar surface area (TPSA) is 51.8 Å². The van der Waals surface area contributed by atoms with Crippen LogP contribution in [0.25, 0.3) is 0 Å². The summed E-state index contributed by atoms with van der Waals surface area (Å²) in [4.78, 5) is 0. The van der Waals surface area contributed by atoms with Crippen molar-refractivity contribution in [3.63, 3.8) is 0 Å². The molecule has 0 atom stereocenters. The SMILES string of the molecule is NCC#Cc1ccc(CSc2nncs2)cc1. The molecule has 2 N–H and O–H groups in total. The van der Waals surface area contributed by atoms with E-state index >= 15 is 0 Å². The van der Waals surface area contributed by atoms with Crippen molar-refractivity contribution in [2.24, 2.45) is 5.73 Å². The van der Waals surface area contributed by atoms with Gasteiger partial charge in [0.05, 0.1) is 6.54 Å². The molecule has 2 rings (SSSR count). The van der Waals surface area contributed by atoms with E-state index in [1.165, 1.54) is 5.56 Å². The fourth-order valence-corrected chi connectivity index (χ4v) is 2.65. The molecule has 1 aromatic carbocycles. The number of hydrogen-bond acceptors (Lipinski definition) is 5. The van der Waals surface area contributed by atoms with Crippen molar-refractivity contribution < 1.29 is 0 Å². The Bertz CT molecular complexity index is 509. The van der Waals surface area contributed by atoms with Crippen LogP contribution in [0.3, 0.4) is 0 Å². The average Bonchev–Trinajstić information content (AvgIpc) is 2.88. The molecule has 3 nitrogen and oxygen atoms in total. The van der Waals surface area contributed by atoms with Gasteiger partial charge < -0.3 is 5.73 Å². The van der Waals surface area contributed by atoms with E-state index in [4.69, 9.17) is 5.73 Å². The summed E-state index contributed by atoms with van der Waals surface area (Å²) >= 11 is 3.25. The van der Waals surface area contributed by atoms with Gasteiger partial charge in [-0.1, -0.05) is 47.1 Å². The van der Waals surface area contributed by atoms with E-state index in [0.717, 1.165) is 15.7 Å². The third-order valence-corrected chi connectivity index (χ3v) is 3.92. The standard InChI is InChI=1S/C12H11N3S2/c13-7-1-2-10-3-5-11(6-4-10)8-16-12-15-14-9-17-12/h3-6,9H,7-8,13H2. The van der Waals surface area contributed by atoms with Gasteiger partial charge in [-0.15, -0.1) is 10.2 Å². The Hall–Kier alpha value is -1.35. The minimum absolute atomic E-state index is 0.397. The molecular formula is C12H11N3S2. The van der Waals surface area contributed by atoms with E-state index in [-0.39, 0.29) is 0 Å². The Morgan fingerprint density at radius 2 is 2.12 bits per heavy atom. The molecule has 0 aliphatic heterocycles. The fourth-order valence-electron chi connectivity index (χ4n) is 1.21. The summed E-state index contributed by atoms with van der Waals surface area (Å²) in [5.74, 6) is 6.74.